The summed E-state index contributed by atoms with van der Waals surface area (Å²) in [5.41, 5.74) is -1.22. The molecule has 20 heteroatoms. The third-order valence-corrected chi connectivity index (χ3v) is 7.60. The standard InChI is InChI=1S/4C9H14O4.C5H12O4/c4*1-2-3-4-5-7(9(12)13)6-8(10)11;6-1-5(2-7,3-8)4-9/h4*5H,2-4,6H2,1H3,(H,10,11)(H,12,13);6-9H,1-4H2. The van der Waals surface area contributed by atoms with Crippen molar-refractivity contribution in [3.8, 4) is 0 Å². The highest BCUT2D eigenvalue weighted by Gasteiger charge is 2.26. The van der Waals surface area contributed by atoms with Crippen LogP contribution in [0.4, 0.5) is 0 Å². The summed E-state index contributed by atoms with van der Waals surface area (Å²) in [6.45, 7) is 6.34. The number of rotatable bonds is 28. The number of aliphatic hydroxyl groups is 4. The Bertz CT molecular complexity index is 1210. The van der Waals surface area contributed by atoms with E-state index in [1.807, 2.05) is 27.7 Å². The summed E-state index contributed by atoms with van der Waals surface area (Å²) in [5.74, 6) is -8.99. The first-order valence-electron chi connectivity index (χ1n) is 19.5. The lowest BCUT2D eigenvalue weighted by Gasteiger charge is -2.23. The van der Waals surface area contributed by atoms with E-state index in [0.29, 0.717) is 25.7 Å². The predicted molar refractivity (Wildman–Crippen MR) is 221 cm³/mol. The van der Waals surface area contributed by atoms with E-state index >= 15 is 0 Å². The van der Waals surface area contributed by atoms with Crippen LogP contribution in [0.1, 0.15) is 130 Å². The molecular formula is C41H68O20. The second-order valence-electron chi connectivity index (χ2n) is 13.1. The molecule has 0 unspecified atom stereocenters. The van der Waals surface area contributed by atoms with E-state index in [1.54, 1.807) is 0 Å². The summed E-state index contributed by atoms with van der Waals surface area (Å²) in [6, 6.07) is 0. The van der Waals surface area contributed by atoms with Gasteiger partial charge in [-0.1, -0.05) is 103 Å². The lowest BCUT2D eigenvalue weighted by Crippen LogP contribution is -2.37. The fraction of sp³-hybridized carbons (Fsp3) is 0.610. The van der Waals surface area contributed by atoms with Gasteiger partial charge in [0.05, 0.1) is 57.5 Å². The van der Waals surface area contributed by atoms with E-state index < -0.39 is 105 Å². The van der Waals surface area contributed by atoms with Crippen LogP contribution in [-0.2, 0) is 38.4 Å². The molecule has 0 aliphatic carbocycles. The number of aliphatic hydroxyl groups excluding tert-OH is 4. The molecule has 0 heterocycles. The number of allylic oxidation sites excluding steroid dienone is 4. The van der Waals surface area contributed by atoms with Crippen molar-refractivity contribution in [3.05, 3.63) is 46.6 Å². The van der Waals surface area contributed by atoms with Gasteiger partial charge in [-0.15, -0.1) is 0 Å². The zero-order valence-corrected chi connectivity index (χ0v) is 35.6. The fourth-order valence-electron chi connectivity index (χ4n) is 3.81. The molecule has 0 aromatic carbocycles. The highest BCUT2D eigenvalue weighted by molar-refractivity contribution is 5.93. The van der Waals surface area contributed by atoms with Crippen LogP contribution in [0.25, 0.3) is 0 Å². The van der Waals surface area contributed by atoms with Crippen LogP contribution in [-0.4, -0.2) is 135 Å². The molecule has 0 spiro atoms. The highest BCUT2D eigenvalue weighted by Crippen LogP contribution is 2.12. The molecule has 352 valence electrons. The van der Waals surface area contributed by atoms with Gasteiger partial charge in [-0.2, -0.15) is 0 Å². The van der Waals surface area contributed by atoms with Crippen LogP contribution in [0.2, 0.25) is 0 Å². The maximum atomic E-state index is 10.5. The highest BCUT2D eigenvalue weighted by atomic mass is 16.4. The summed E-state index contributed by atoms with van der Waals surface area (Å²) < 4.78 is 0. The topological polar surface area (TPSA) is 379 Å². The lowest BCUT2D eigenvalue weighted by molar-refractivity contribution is -0.139. The van der Waals surface area contributed by atoms with Crippen molar-refractivity contribution >= 4 is 47.8 Å². The average Bonchev–Trinajstić information content (AvgIpc) is 3.18. The Morgan fingerprint density at radius 2 is 0.508 bits per heavy atom. The normalized spacial score (nSPS) is 11.4. The molecule has 0 bridgehead atoms. The third kappa shape index (κ3) is 44.0. The third-order valence-electron chi connectivity index (χ3n) is 7.60. The van der Waals surface area contributed by atoms with Crippen molar-refractivity contribution in [2.75, 3.05) is 26.4 Å². The molecule has 0 aromatic heterocycles. The Morgan fingerprint density at radius 3 is 0.590 bits per heavy atom. The van der Waals surface area contributed by atoms with E-state index in [4.69, 9.17) is 61.3 Å². The van der Waals surface area contributed by atoms with Gasteiger partial charge in [0, 0.05) is 22.3 Å². The van der Waals surface area contributed by atoms with E-state index in [-0.39, 0.29) is 22.3 Å². The number of hydrogen-bond donors (Lipinski definition) is 12. The minimum absolute atomic E-state index is 0.0269. The van der Waals surface area contributed by atoms with Gasteiger partial charge in [-0.05, 0) is 25.7 Å². The Balaban J connectivity index is -0.000000215. The first-order valence-corrected chi connectivity index (χ1v) is 19.5. The van der Waals surface area contributed by atoms with Crippen molar-refractivity contribution < 1.29 is 99.6 Å². The summed E-state index contributed by atoms with van der Waals surface area (Å²) >= 11 is 0. The number of aliphatic carboxylic acids is 8. The van der Waals surface area contributed by atoms with Crippen molar-refractivity contribution in [1.82, 2.24) is 0 Å². The maximum absolute atomic E-state index is 10.5. The first kappa shape index (κ1) is 64.7. The van der Waals surface area contributed by atoms with Crippen LogP contribution in [0, 0.1) is 5.41 Å². The molecule has 0 radical (unpaired) electrons. The minimum Gasteiger partial charge on any atom is -0.481 e. The Kier molecular flexibility index (Phi) is 45.3. The van der Waals surface area contributed by atoms with Crippen LogP contribution in [0.3, 0.4) is 0 Å². The molecule has 0 amide bonds. The molecule has 61 heavy (non-hydrogen) atoms. The molecule has 0 aromatic rings. The van der Waals surface area contributed by atoms with Gasteiger partial charge in [0.25, 0.3) is 0 Å². The van der Waals surface area contributed by atoms with Crippen molar-refractivity contribution in [2.24, 2.45) is 5.41 Å². The molecule has 20 nitrogen and oxygen atoms in total. The van der Waals surface area contributed by atoms with Crippen molar-refractivity contribution in [2.45, 2.75) is 130 Å². The van der Waals surface area contributed by atoms with Gasteiger partial charge in [-0.3, -0.25) is 19.2 Å². The second-order valence-corrected chi connectivity index (χ2v) is 13.1. The van der Waals surface area contributed by atoms with Gasteiger partial charge in [0.15, 0.2) is 0 Å². The maximum Gasteiger partial charge on any atom is 0.331 e. The van der Waals surface area contributed by atoms with Crippen LogP contribution in [0.15, 0.2) is 46.6 Å². The van der Waals surface area contributed by atoms with E-state index in [1.165, 1.54) is 24.3 Å². The van der Waals surface area contributed by atoms with Gasteiger partial charge < -0.3 is 61.3 Å². The second kappa shape index (κ2) is 42.7. The molecule has 12 N–H and O–H groups in total. The Morgan fingerprint density at radius 1 is 0.344 bits per heavy atom. The zero-order chi connectivity index (χ0) is 48.4. The van der Waals surface area contributed by atoms with Gasteiger partial charge in [-0.25, -0.2) is 19.2 Å². The Labute approximate surface area is 355 Å². The molecule has 0 aliphatic heterocycles. The largest absolute Gasteiger partial charge is 0.481 e. The molecule has 0 saturated heterocycles. The summed E-state index contributed by atoms with van der Waals surface area (Å²) in [4.78, 5) is 83.0. The van der Waals surface area contributed by atoms with Crippen molar-refractivity contribution in [1.29, 1.82) is 0 Å². The number of carbonyl (C=O) groups is 8. The quantitative estimate of drug-likeness (QED) is 0.0377. The van der Waals surface area contributed by atoms with Crippen LogP contribution in [0.5, 0.6) is 0 Å². The zero-order valence-electron chi connectivity index (χ0n) is 35.6. The van der Waals surface area contributed by atoms with E-state index in [0.717, 1.165) is 51.4 Å². The monoisotopic (exact) mass is 880 g/mol. The van der Waals surface area contributed by atoms with E-state index in [2.05, 4.69) is 0 Å². The fourth-order valence-corrected chi connectivity index (χ4v) is 3.81. The van der Waals surface area contributed by atoms with Gasteiger partial charge >= 0.3 is 47.8 Å². The molecular weight excluding hydrogens is 812 g/mol. The first-order chi connectivity index (χ1) is 28.5. The number of hydrogen-bond acceptors (Lipinski definition) is 12. The molecule has 0 atom stereocenters. The number of carboxylic acids is 8. The minimum atomic E-state index is -1.14. The summed E-state index contributed by atoms with van der Waals surface area (Å²) in [7, 11) is 0. The van der Waals surface area contributed by atoms with Gasteiger partial charge in [0.1, 0.15) is 0 Å². The Hall–Kier alpha value is -5.44. The van der Waals surface area contributed by atoms with Crippen LogP contribution < -0.4 is 0 Å². The molecule has 0 rings (SSSR count). The van der Waals surface area contributed by atoms with Crippen LogP contribution >= 0.6 is 0 Å². The summed E-state index contributed by atoms with van der Waals surface area (Å²) in [5, 5.41) is 102. The summed E-state index contributed by atoms with van der Waals surface area (Å²) in [6.07, 6.45) is 14.3. The lowest BCUT2D eigenvalue weighted by atomic mass is 9.93. The number of unbranched alkanes of at least 4 members (excludes halogenated alkanes) is 8. The smallest absolute Gasteiger partial charge is 0.331 e. The van der Waals surface area contributed by atoms with E-state index in [9.17, 15) is 38.4 Å². The molecule has 0 fully saturated rings. The van der Waals surface area contributed by atoms with Crippen molar-refractivity contribution in [3.63, 3.8) is 0 Å². The SMILES string of the molecule is CCCCC=C(CC(=O)O)C(=O)O.CCCCC=C(CC(=O)O)C(=O)O.CCCCC=C(CC(=O)O)C(=O)O.CCCCC=C(CC(=O)O)C(=O)O.OCC(CO)(CO)CO. The van der Waals surface area contributed by atoms with Gasteiger partial charge in [0.2, 0.25) is 0 Å². The molecule has 0 aliphatic rings. The number of carboxylic acid groups (broad SMARTS) is 8. The predicted octanol–water partition coefficient (Wildman–Crippen LogP) is 4.59. The molecule has 0 saturated carbocycles. The average molecular weight is 881 g/mol.